The van der Waals surface area contributed by atoms with Crippen molar-refractivity contribution in [3.05, 3.63) is 52.5 Å². The van der Waals surface area contributed by atoms with Crippen LogP contribution in [0.25, 0.3) is 0 Å². The Morgan fingerprint density at radius 3 is 2.46 bits per heavy atom. The summed E-state index contributed by atoms with van der Waals surface area (Å²) in [6.45, 7) is 4.73. The maximum absolute atomic E-state index is 13.6. The average molecular weight is 506 g/mol. The van der Waals surface area contributed by atoms with Gasteiger partial charge in [0.15, 0.2) is 11.5 Å². The van der Waals surface area contributed by atoms with Crippen LogP contribution in [-0.2, 0) is 28.6 Å². The molecule has 0 bridgehead atoms. The third kappa shape index (κ3) is 6.04. The minimum Gasteiger partial charge on any atom is -0.504 e. The van der Waals surface area contributed by atoms with Crippen molar-refractivity contribution in [3.8, 4) is 11.5 Å². The van der Waals surface area contributed by atoms with E-state index >= 15 is 0 Å². The van der Waals surface area contributed by atoms with E-state index in [0.717, 1.165) is 0 Å². The number of phenols is 1. The Kier molecular flexibility index (Phi) is 7.92. The number of carbonyl (C=O) groups excluding carboxylic acids is 3. The number of anilines is 1. The number of aromatic hydroxyl groups is 1. The zero-order valence-corrected chi connectivity index (χ0v) is 20.9. The normalized spacial score (nSPS) is 17.9. The van der Waals surface area contributed by atoms with Crippen LogP contribution in [0.15, 0.2) is 36.4 Å². The summed E-state index contributed by atoms with van der Waals surface area (Å²) in [6, 6.07) is 9.47. The Balaban J connectivity index is 2.19. The van der Waals surface area contributed by atoms with Crippen molar-refractivity contribution in [1.29, 1.82) is 0 Å². The standard InChI is InChI=1S/C25H28ClNO8/c1-25(2,3)35-21(30)13-27-17-10-9-14(26)11-16(17)22(15-7-6-8-18(28)23(15)33-5)34-19(24(27)31)12-20(29)32-4/h6-11,19,22,28H,12-13H2,1-5H3/t19-,22-/m0/s1. The third-order valence-corrected chi connectivity index (χ3v) is 5.44. The molecule has 0 aliphatic carbocycles. The number of nitrogens with zero attached hydrogens (tertiary/aromatic N) is 1. The number of para-hydroxylation sites is 1. The fourth-order valence-corrected chi connectivity index (χ4v) is 4.00. The fourth-order valence-electron chi connectivity index (χ4n) is 3.82. The number of carbonyl (C=O) groups is 3. The molecule has 1 amide bonds. The highest BCUT2D eigenvalue weighted by molar-refractivity contribution is 6.30. The molecular weight excluding hydrogens is 478 g/mol. The van der Waals surface area contributed by atoms with E-state index in [1.807, 2.05) is 0 Å². The lowest BCUT2D eigenvalue weighted by molar-refractivity contribution is -0.154. The summed E-state index contributed by atoms with van der Waals surface area (Å²) in [7, 11) is 2.59. The largest absolute Gasteiger partial charge is 0.504 e. The average Bonchev–Trinajstić information content (AvgIpc) is 2.88. The molecule has 2 atom stereocenters. The van der Waals surface area contributed by atoms with Gasteiger partial charge in [-0.25, -0.2) is 0 Å². The van der Waals surface area contributed by atoms with Crippen molar-refractivity contribution in [2.75, 3.05) is 25.7 Å². The zero-order valence-electron chi connectivity index (χ0n) is 20.2. The summed E-state index contributed by atoms with van der Waals surface area (Å²) >= 11 is 6.30. The molecular formula is C25H28ClNO8. The van der Waals surface area contributed by atoms with Gasteiger partial charge < -0.3 is 24.1 Å². The summed E-state index contributed by atoms with van der Waals surface area (Å²) in [5.74, 6) is -1.95. The number of halogens is 1. The van der Waals surface area contributed by atoms with Crippen LogP contribution < -0.4 is 9.64 Å². The smallest absolute Gasteiger partial charge is 0.326 e. The lowest BCUT2D eigenvalue weighted by Crippen LogP contribution is -2.44. The SMILES string of the molecule is COC(=O)C[C@@H]1O[C@@H](c2cccc(O)c2OC)c2cc(Cl)ccc2N(CC(=O)OC(C)(C)C)C1=O. The molecule has 0 saturated carbocycles. The maximum atomic E-state index is 13.6. The zero-order chi connectivity index (χ0) is 25.9. The molecule has 0 aromatic heterocycles. The molecule has 2 aromatic carbocycles. The summed E-state index contributed by atoms with van der Waals surface area (Å²) in [5, 5.41) is 10.7. The number of hydrogen-bond donors (Lipinski definition) is 1. The topological polar surface area (TPSA) is 112 Å². The van der Waals surface area contributed by atoms with Gasteiger partial charge in [-0.2, -0.15) is 0 Å². The van der Waals surface area contributed by atoms with Crippen LogP contribution in [0.4, 0.5) is 5.69 Å². The molecule has 188 valence electrons. The van der Waals surface area contributed by atoms with E-state index in [9.17, 15) is 19.5 Å². The summed E-state index contributed by atoms with van der Waals surface area (Å²) in [4.78, 5) is 39.7. The highest BCUT2D eigenvalue weighted by Gasteiger charge is 2.40. The number of fused-ring (bicyclic) bond motifs is 1. The molecule has 0 unspecified atom stereocenters. The predicted octanol–water partition coefficient (Wildman–Crippen LogP) is 3.78. The lowest BCUT2D eigenvalue weighted by Gasteiger charge is -2.26. The molecule has 1 heterocycles. The van der Waals surface area contributed by atoms with Crippen molar-refractivity contribution in [2.45, 2.75) is 45.0 Å². The molecule has 1 aliphatic rings. The van der Waals surface area contributed by atoms with Crippen molar-refractivity contribution in [3.63, 3.8) is 0 Å². The minimum atomic E-state index is -1.31. The van der Waals surface area contributed by atoms with E-state index in [2.05, 4.69) is 0 Å². The van der Waals surface area contributed by atoms with Crippen LogP contribution in [0.1, 0.15) is 44.4 Å². The van der Waals surface area contributed by atoms with Gasteiger partial charge in [0, 0.05) is 16.1 Å². The van der Waals surface area contributed by atoms with E-state index in [4.69, 9.17) is 30.5 Å². The van der Waals surface area contributed by atoms with E-state index in [-0.39, 0.29) is 11.5 Å². The molecule has 0 spiro atoms. The van der Waals surface area contributed by atoms with E-state index < -0.39 is 48.6 Å². The first-order valence-corrected chi connectivity index (χ1v) is 11.2. The Morgan fingerprint density at radius 1 is 1.11 bits per heavy atom. The molecule has 0 radical (unpaired) electrons. The molecule has 1 N–H and O–H groups in total. The highest BCUT2D eigenvalue weighted by Crippen LogP contribution is 2.44. The highest BCUT2D eigenvalue weighted by atomic mass is 35.5. The van der Waals surface area contributed by atoms with Gasteiger partial charge in [-0.15, -0.1) is 0 Å². The Hall–Kier alpha value is -3.30. The molecule has 2 aromatic rings. The van der Waals surface area contributed by atoms with Gasteiger partial charge in [0.2, 0.25) is 0 Å². The molecule has 1 aliphatic heterocycles. The van der Waals surface area contributed by atoms with Crippen LogP contribution in [-0.4, -0.2) is 55.4 Å². The third-order valence-electron chi connectivity index (χ3n) is 5.20. The maximum Gasteiger partial charge on any atom is 0.326 e. The number of methoxy groups -OCH3 is 2. The summed E-state index contributed by atoms with van der Waals surface area (Å²) < 4.78 is 21.8. The van der Waals surface area contributed by atoms with Gasteiger partial charge in [0.25, 0.3) is 5.91 Å². The number of hydrogen-bond acceptors (Lipinski definition) is 8. The van der Waals surface area contributed by atoms with Gasteiger partial charge >= 0.3 is 11.9 Å². The monoisotopic (exact) mass is 505 g/mol. The van der Waals surface area contributed by atoms with Crippen LogP contribution in [0, 0.1) is 0 Å². The molecule has 3 rings (SSSR count). The van der Waals surface area contributed by atoms with Crippen molar-refractivity contribution < 1.29 is 38.4 Å². The molecule has 9 nitrogen and oxygen atoms in total. The Bertz CT molecular complexity index is 1130. The van der Waals surface area contributed by atoms with E-state index in [0.29, 0.717) is 21.8 Å². The summed E-state index contributed by atoms with van der Waals surface area (Å²) in [6.07, 6.45) is -2.69. The molecule has 0 saturated heterocycles. The van der Waals surface area contributed by atoms with Gasteiger partial charge in [-0.1, -0.05) is 23.7 Å². The second-order valence-electron chi connectivity index (χ2n) is 8.90. The lowest BCUT2D eigenvalue weighted by atomic mass is 9.98. The second kappa shape index (κ2) is 10.5. The first-order valence-electron chi connectivity index (χ1n) is 10.9. The quantitative estimate of drug-likeness (QED) is 0.590. The number of rotatable bonds is 6. The first-order chi connectivity index (χ1) is 16.4. The van der Waals surface area contributed by atoms with Gasteiger partial charge in [-0.3, -0.25) is 19.3 Å². The molecule has 10 heteroatoms. The number of phenolic OH excluding ortho intramolecular Hbond substituents is 1. The van der Waals surface area contributed by atoms with Crippen LogP contribution in [0.3, 0.4) is 0 Å². The summed E-state index contributed by atoms with van der Waals surface area (Å²) in [5.41, 5.74) is 0.408. The van der Waals surface area contributed by atoms with Gasteiger partial charge in [0.1, 0.15) is 24.4 Å². The van der Waals surface area contributed by atoms with Crippen molar-refractivity contribution in [1.82, 2.24) is 0 Å². The number of ether oxygens (including phenoxy) is 4. The van der Waals surface area contributed by atoms with E-state index in [1.165, 1.54) is 25.2 Å². The van der Waals surface area contributed by atoms with Crippen LogP contribution in [0.2, 0.25) is 5.02 Å². The number of benzene rings is 2. The second-order valence-corrected chi connectivity index (χ2v) is 9.34. The minimum absolute atomic E-state index is 0.133. The molecule has 0 fully saturated rings. The van der Waals surface area contributed by atoms with Gasteiger partial charge in [0.05, 0.1) is 26.3 Å². The fraction of sp³-hybridized carbons (Fsp3) is 0.400. The van der Waals surface area contributed by atoms with E-state index in [1.54, 1.807) is 51.1 Å². The van der Waals surface area contributed by atoms with Crippen molar-refractivity contribution in [2.24, 2.45) is 0 Å². The van der Waals surface area contributed by atoms with Gasteiger partial charge in [-0.05, 0) is 45.0 Å². The Morgan fingerprint density at radius 2 is 1.83 bits per heavy atom. The Labute approximate surface area is 208 Å². The number of esters is 2. The van der Waals surface area contributed by atoms with Crippen LogP contribution in [0.5, 0.6) is 11.5 Å². The van der Waals surface area contributed by atoms with Crippen molar-refractivity contribution >= 4 is 35.1 Å². The van der Waals surface area contributed by atoms with Crippen LogP contribution >= 0.6 is 11.6 Å². The first kappa shape index (κ1) is 26.3. The predicted molar refractivity (Wildman–Crippen MR) is 128 cm³/mol. The number of amides is 1. The molecule has 35 heavy (non-hydrogen) atoms.